The summed E-state index contributed by atoms with van der Waals surface area (Å²) in [6, 6.07) is 4.83. The number of nitrogens with zero attached hydrogens (tertiary/aromatic N) is 1. The Balaban J connectivity index is 0.00000161. The molecule has 2 heterocycles. The number of aryl methyl sites for hydroxylation is 1. The molecule has 0 spiro atoms. The average Bonchev–Trinajstić information content (AvgIpc) is 2.71. The Kier molecular flexibility index (Phi) is 4.92. The fraction of sp³-hybridized carbons (Fsp3) is 0.571. The van der Waals surface area contributed by atoms with E-state index in [0.29, 0.717) is 19.1 Å². The summed E-state index contributed by atoms with van der Waals surface area (Å²) in [7, 11) is -3.74. The molecule has 0 saturated carbocycles. The highest BCUT2D eigenvalue weighted by atomic mass is 35.5. The van der Waals surface area contributed by atoms with Crippen LogP contribution in [0.5, 0.6) is 0 Å². The summed E-state index contributed by atoms with van der Waals surface area (Å²) in [4.78, 5) is -0.199. The Bertz CT molecular complexity index is 623. The molecular formula is C14H20ClFN2O2S. The zero-order chi connectivity index (χ0) is 14.3. The van der Waals surface area contributed by atoms with Gasteiger partial charge < -0.3 is 5.32 Å². The maximum Gasteiger partial charge on any atom is 0.246 e. The first-order valence-corrected chi connectivity index (χ1v) is 8.43. The lowest BCUT2D eigenvalue weighted by atomic mass is 10.1. The molecule has 0 aliphatic carbocycles. The SMILES string of the molecule is Cc1ccc(F)c(S(=O)(=O)N2CCC3CCC(C2)N3)c1.Cl. The molecular weight excluding hydrogens is 315 g/mol. The Labute approximate surface area is 131 Å². The van der Waals surface area contributed by atoms with Gasteiger partial charge in [-0.2, -0.15) is 4.31 Å². The summed E-state index contributed by atoms with van der Waals surface area (Å²) in [6.07, 6.45) is 2.90. The molecule has 0 radical (unpaired) electrons. The lowest BCUT2D eigenvalue weighted by Gasteiger charge is -2.24. The van der Waals surface area contributed by atoms with Gasteiger partial charge in [-0.1, -0.05) is 6.07 Å². The summed E-state index contributed by atoms with van der Waals surface area (Å²) < 4.78 is 40.6. The van der Waals surface area contributed by atoms with E-state index in [1.807, 2.05) is 0 Å². The summed E-state index contributed by atoms with van der Waals surface area (Å²) >= 11 is 0. The molecule has 2 fully saturated rings. The quantitative estimate of drug-likeness (QED) is 0.900. The highest BCUT2D eigenvalue weighted by molar-refractivity contribution is 7.89. The van der Waals surface area contributed by atoms with E-state index in [4.69, 9.17) is 0 Å². The molecule has 2 aliphatic rings. The number of halogens is 2. The molecule has 1 aromatic rings. The minimum atomic E-state index is -3.74. The van der Waals surface area contributed by atoms with Gasteiger partial charge in [-0.15, -0.1) is 12.4 Å². The summed E-state index contributed by atoms with van der Waals surface area (Å²) in [5, 5.41) is 3.43. The van der Waals surface area contributed by atoms with Gasteiger partial charge in [-0.25, -0.2) is 12.8 Å². The van der Waals surface area contributed by atoms with Crippen LogP contribution in [0.15, 0.2) is 23.1 Å². The molecule has 118 valence electrons. The van der Waals surface area contributed by atoms with E-state index >= 15 is 0 Å². The molecule has 0 amide bonds. The number of benzene rings is 1. The standard InChI is InChI=1S/C14H19FN2O2S.ClH/c1-10-2-5-13(15)14(8-10)20(18,19)17-7-6-11-3-4-12(9-17)16-11;/h2,5,8,11-12,16H,3-4,6-7,9H2,1H3;1H. The van der Waals surface area contributed by atoms with Gasteiger partial charge in [0.1, 0.15) is 10.7 Å². The van der Waals surface area contributed by atoms with Crippen LogP contribution in [-0.2, 0) is 10.0 Å². The van der Waals surface area contributed by atoms with Crippen molar-refractivity contribution in [3.05, 3.63) is 29.6 Å². The van der Waals surface area contributed by atoms with Crippen LogP contribution < -0.4 is 5.32 Å². The number of sulfonamides is 1. The van der Waals surface area contributed by atoms with Crippen molar-refractivity contribution < 1.29 is 12.8 Å². The molecule has 2 bridgehead atoms. The fourth-order valence-electron chi connectivity index (χ4n) is 3.08. The molecule has 1 N–H and O–H groups in total. The van der Waals surface area contributed by atoms with E-state index < -0.39 is 15.8 Å². The molecule has 2 aliphatic heterocycles. The zero-order valence-corrected chi connectivity index (χ0v) is 13.5. The Morgan fingerprint density at radius 1 is 1.24 bits per heavy atom. The molecule has 4 nitrogen and oxygen atoms in total. The zero-order valence-electron chi connectivity index (χ0n) is 11.9. The van der Waals surface area contributed by atoms with Crippen molar-refractivity contribution >= 4 is 22.4 Å². The van der Waals surface area contributed by atoms with Gasteiger partial charge in [0.15, 0.2) is 0 Å². The third-order valence-electron chi connectivity index (χ3n) is 4.19. The number of nitrogens with one attached hydrogen (secondary N) is 1. The minimum absolute atomic E-state index is 0. The van der Waals surface area contributed by atoms with Gasteiger partial charge in [0.25, 0.3) is 0 Å². The van der Waals surface area contributed by atoms with E-state index in [0.717, 1.165) is 24.8 Å². The molecule has 2 saturated heterocycles. The van der Waals surface area contributed by atoms with E-state index in [2.05, 4.69) is 5.32 Å². The number of fused-ring (bicyclic) bond motifs is 2. The van der Waals surface area contributed by atoms with Crippen LogP contribution in [0, 0.1) is 12.7 Å². The number of hydrogen-bond donors (Lipinski definition) is 1. The maximum atomic E-state index is 13.9. The third kappa shape index (κ3) is 3.23. The van der Waals surface area contributed by atoms with E-state index in [1.165, 1.54) is 16.4 Å². The predicted octanol–water partition coefficient (Wildman–Crippen LogP) is 2.07. The number of hydrogen-bond acceptors (Lipinski definition) is 3. The van der Waals surface area contributed by atoms with Crippen molar-refractivity contribution in [1.82, 2.24) is 9.62 Å². The van der Waals surface area contributed by atoms with Crippen LogP contribution in [0.3, 0.4) is 0 Å². The smallest absolute Gasteiger partial charge is 0.246 e. The van der Waals surface area contributed by atoms with Gasteiger partial charge in [0, 0.05) is 25.2 Å². The van der Waals surface area contributed by atoms with Crippen molar-refractivity contribution in [3.63, 3.8) is 0 Å². The molecule has 21 heavy (non-hydrogen) atoms. The highest BCUT2D eigenvalue weighted by Gasteiger charge is 2.35. The van der Waals surface area contributed by atoms with Gasteiger partial charge in [0.2, 0.25) is 10.0 Å². The number of rotatable bonds is 2. The van der Waals surface area contributed by atoms with E-state index in [9.17, 15) is 12.8 Å². The highest BCUT2D eigenvalue weighted by Crippen LogP contribution is 2.26. The maximum absolute atomic E-state index is 13.9. The summed E-state index contributed by atoms with van der Waals surface area (Å²) in [5.41, 5.74) is 0.749. The first-order valence-electron chi connectivity index (χ1n) is 6.99. The first kappa shape index (κ1) is 16.7. The summed E-state index contributed by atoms with van der Waals surface area (Å²) in [6.45, 7) is 2.67. The van der Waals surface area contributed by atoms with Crippen LogP contribution in [0.1, 0.15) is 24.8 Å². The molecule has 2 unspecified atom stereocenters. The third-order valence-corrected chi connectivity index (χ3v) is 6.07. The molecule has 0 aromatic heterocycles. The normalized spacial score (nSPS) is 26.2. The first-order chi connectivity index (χ1) is 9.46. The molecule has 1 aromatic carbocycles. The monoisotopic (exact) mass is 334 g/mol. The van der Waals surface area contributed by atoms with Crippen LogP contribution in [0.2, 0.25) is 0 Å². The summed E-state index contributed by atoms with van der Waals surface area (Å²) in [5.74, 6) is -0.669. The molecule has 2 atom stereocenters. The second-order valence-corrected chi connectivity index (χ2v) is 7.63. The van der Waals surface area contributed by atoms with E-state index in [1.54, 1.807) is 13.0 Å². The van der Waals surface area contributed by atoms with Gasteiger partial charge in [-0.05, 0) is 43.9 Å². The van der Waals surface area contributed by atoms with Crippen molar-refractivity contribution in [1.29, 1.82) is 0 Å². The minimum Gasteiger partial charge on any atom is -0.310 e. The van der Waals surface area contributed by atoms with Crippen LogP contribution in [-0.4, -0.2) is 37.9 Å². The molecule has 7 heteroatoms. The predicted molar refractivity (Wildman–Crippen MR) is 81.7 cm³/mol. The van der Waals surface area contributed by atoms with Gasteiger partial charge in [0.05, 0.1) is 0 Å². The lowest BCUT2D eigenvalue weighted by Crippen LogP contribution is -2.39. The Morgan fingerprint density at radius 2 is 1.95 bits per heavy atom. The topological polar surface area (TPSA) is 49.4 Å². The van der Waals surface area contributed by atoms with E-state index in [-0.39, 0.29) is 23.3 Å². The fourth-order valence-corrected chi connectivity index (χ4v) is 4.73. The molecule has 3 rings (SSSR count). The van der Waals surface area contributed by atoms with Crippen molar-refractivity contribution in [2.45, 2.75) is 43.2 Å². The Morgan fingerprint density at radius 3 is 2.71 bits per heavy atom. The lowest BCUT2D eigenvalue weighted by molar-refractivity contribution is 0.381. The average molecular weight is 335 g/mol. The van der Waals surface area contributed by atoms with Crippen molar-refractivity contribution in [3.8, 4) is 0 Å². The largest absolute Gasteiger partial charge is 0.310 e. The second kappa shape index (κ2) is 6.20. The second-order valence-electron chi connectivity index (χ2n) is 5.72. The van der Waals surface area contributed by atoms with Crippen molar-refractivity contribution in [2.24, 2.45) is 0 Å². The van der Waals surface area contributed by atoms with Crippen LogP contribution in [0.4, 0.5) is 4.39 Å². The Hall–Kier alpha value is -0.690. The van der Waals surface area contributed by atoms with Crippen LogP contribution >= 0.6 is 12.4 Å². The van der Waals surface area contributed by atoms with Gasteiger partial charge >= 0.3 is 0 Å². The van der Waals surface area contributed by atoms with Gasteiger partial charge in [-0.3, -0.25) is 0 Å². The van der Waals surface area contributed by atoms with Crippen LogP contribution in [0.25, 0.3) is 0 Å². The van der Waals surface area contributed by atoms with Crippen molar-refractivity contribution in [2.75, 3.05) is 13.1 Å².